The van der Waals surface area contributed by atoms with E-state index in [-0.39, 0.29) is 5.56 Å². The van der Waals surface area contributed by atoms with E-state index >= 15 is 0 Å². The molecule has 0 fully saturated rings. The second-order valence-electron chi connectivity index (χ2n) is 3.52. The number of nitrogens with two attached hydrogens (primary N) is 1. The van der Waals surface area contributed by atoms with Crippen molar-refractivity contribution < 1.29 is 9.90 Å². The van der Waals surface area contributed by atoms with Crippen molar-refractivity contribution >= 4 is 17.5 Å². The third kappa shape index (κ3) is 2.62. The maximum Gasteiger partial charge on any atom is 0.339 e. The van der Waals surface area contributed by atoms with Crippen molar-refractivity contribution in [3.63, 3.8) is 0 Å². The van der Waals surface area contributed by atoms with E-state index in [1.807, 2.05) is 18.7 Å². The summed E-state index contributed by atoms with van der Waals surface area (Å²) >= 11 is 0. The van der Waals surface area contributed by atoms with Gasteiger partial charge in [-0.2, -0.15) is 0 Å². The molecule has 0 spiro atoms. The maximum atomic E-state index is 11.1. The maximum absolute atomic E-state index is 11.1. The van der Waals surface area contributed by atoms with Gasteiger partial charge in [0.05, 0.1) is 11.9 Å². The number of hydrogen-bond acceptors (Lipinski definition) is 4. The van der Waals surface area contributed by atoms with Crippen molar-refractivity contribution in [2.45, 2.75) is 20.3 Å². The van der Waals surface area contributed by atoms with Crippen molar-refractivity contribution in [1.82, 2.24) is 4.98 Å². The molecule has 0 aliphatic carbocycles. The first-order chi connectivity index (χ1) is 7.60. The Morgan fingerprint density at radius 1 is 1.56 bits per heavy atom. The van der Waals surface area contributed by atoms with Gasteiger partial charge in [0.15, 0.2) is 0 Å². The standard InChI is InChI=1S/C11H17N3O2/c1-3-5-14(4-2)10-9(11(15)16)6-8(12)7-13-10/h6-7H,3-5,12H2,1-2H3,(H,15,16). The summed E-state index contributed by atoms with van der Waals surface area (Å²) in [6.07, 6.45) is 2.43. The van der Waals surface area contributed by atoms with Crippen LogP contribution < -0.4 is 10.6 Å². The fraction of sp³-hybridized carbons (Fsp3) is 0.455. The topological polar surface area (TPSA) is 79.5 Å². The minimum atomic E-state index is -0.996. The van der Waals surface area contributed by atoms with E-state index in [1.165, 1.54) is 12.3 Å². The van der Waals surface area contributed by atoms with Crippen LogP contribution in [0, 0.1) is 0 Å². The third-order valence-corrected chi connectivity index (χ3v) is 2.29. The van der Waals surface area contributed by atoms with Crippen molar-refractivity contribution in [2.75, 3.05) is 23.7 Å². The molecule has 0 radical (unpaired) electrons. The molecule has 88 valence electrons. The van der Waals surface area contributed by atoms with Crippen molar-refractivity contribution in [3.8, 4) is 0 Å². The molecule has 1 aromatic rings. The van der Waals surface area contributed by atoms with Gasteiger partial charge < -0.3 is 15.7 Å². The summed E-state index contributed by atoms with van der Waals surface area (Å²) in [5, 5.41) is 9.08. The summed E-state index contributed by atoms with van der Waals surface area (Å²) < 4.78 is 0. The molecule has 0 amide bonds. The SMILES string of the molecule is CCCN(CC)c1ncc(N)cc1C(=O)O. The molecule has 1 aromatic heterocycles. The van der Waals surface area contributed by atoms with Gasteiger partial charge in [-0.3, -0.25) is 0 Å². The number of carboxylic acids is 1. The van der Waals surface area contributed by atoms with Gasteiger partial charge in [0, 0.05) is 13.1 Å². The van der Waals surface area contributed by atoms with Crippen LogP contribution in [0.2, 0.25) is 0 Å². The Hall–Kier alpha value is -1.78. The molecular weight excluding hydrogens is 206 g/mol. The monoisotopic (exact) mass is 223 g/mol. The molecule has 0 unspecified atom stereocenters. The van der Waals surface area contributed by atoms with Gasteiger partial charge in [-0.1, -0.05) is 6.92 Å². The summed E-state index contributed by atoms with van der Waals surface area (Å²) in [6, 6.07) is 1.45. The first-order valence-corrected chi connectivity index (χ1v) is 5.33. The van der Waals surface area contributed by atoms with Gasteiger partial charge in [0.1, 0.15) is 11.4 Å². The predicted molar refractivity (Wildman–Crippen MR) is 63.8 cm³/mol. The lowest BCUT2D eigenvalue weighted by molar-refractivity contribution is 0.0697. The zero-order chi connectivity index (χ0) is 12.1. The molecule has 1 rings (SSSR count). The largest absolute Gasteiger partial charge is 0.478 e. The molecule has 3 N–H and O–H groups in total. The fourth-order valence-corrected chi connectivity index (χ4v) is 1.57. The first-order valence-electron chi connectivity index (χ1n) is 5.33. The minimum absolute atomic E-state index is 0.162. The van der Waals surface area contributed by atoms with E-state index in [0.717, 1.165) is 19.5 Å². The molecule has 0 bridgehead atoms. The van der Waals surface area contributed by atoms with Crippen LogP contribution in [0.15, 0.2) is 12.3 Å². The van der Waals surface area contributed by atoms with Gasteiger partial charge in [-0.15, -0.1) is 0 Å². The number of anilines is 2. The van der Waals surface area contributed by atoms with Gasteiger partial charge >= 0.3 is 5.97 Å². The van der Waals surface area contributed by atoms with Gasteiger partial charge in [0.2, 0.25) is 0 Å². The van der Waals surface area contributed by atoms with Gasteiger partial charge in [0.25, 0.3) is 0 Å². The van der Waals surface area contributed by atoms with Gasteiger partial charge in [-0.25, -0.2) is 9.78 Å². The molecule has 0 atom stereocenters. The van der Waals surface area contributed by atoms with E-state index in [2.05, 4.69) is 4.98 Å². The third-order valence-electron chi connectivity index (χ3n) is 2.29. The van der Waals surface area contributed by atoms with Crippen LogP contribution in [-0.2, 0) is 0 Å². The molecule has 5 nitrogen and oxygen atoms in total. The summed E-state index contributed by atoms with van der Waals surface area (Å²) in [7, 11) is 0. The molecule has 16 heavy (non-hydrogen) atoms. The number of carboxylic acid groups (broad SMARTS) is 1. The molecule has 1 heterocycles. The highest BCUT2D eigenvalue weighted by atomic mass is 16.4. The smallest absolute Gasteiger partial charge is 0.339 e. The quantitative estimate of drug-likeness (QED) is 0.792. The number of hydrogen-bond donors (Lipinski definition) is 2. The molecule has 0 saturated carbocycles. The Morgan fingerprint density at radius 3 is 2.75 bits per heavy atom. The normalized spacial score (nSPS) is 10.1. The Labute approximate surface area is 94.9 Å². The van der Waals surface area contributed by atoms with Crippen LogP contribution in [0.1, 0.15) is 30.6 Å². The van der Waals surface area contributed by atoms with E-state index in [4.69, 9.17) is 10.8 Å². The molecular formula is C11H17N3O2. The van der Waals surface area contributed by atoms with Crippen LogP contribution in [0.4, 0.5) is 11.5 Å². The lowest BCUT2D eigenvalue weighted by Gasteiger charge is -2.22. The fourth-order valence-electron chi connectivity index (χ4n) is 1.57. The van der Waals surface area contributed by atoms with Crippen molar-refractivity contribution in [2.24, 2.45) is 0 Å². The zero-order valence-corrected chi connectivity index (χ0v) is 9.60. The number of pyridine rings is 1. The highest BCUT2D eigenvalue weighted by Crippen LogP contribution is 2.20. The highest BCUT2D eigenvalue weighted by molar-refractivity contribution is 5.94. The summed E-state index contributed by atoms with van der Waals surface area (Å²) in [5.41, 5.74) is 6.07. The van der Waals surface area contributed by atoms with Gasteiger partial charge in [-0.05, 0) is 19.4 Å². The van der Waals surface area contributed by atoms with E-state index in [9.17, 15) is 4.79 Å². The predicted octanol–water partition coefficient (Wildman–Crippen LogP) is 1.60. The number of aromatic nitrogens is 1. The van der Waals surface area contributed by atoms with Crippen LogP contribution in [-0.4, -0.2) is 29.1 Å². The Kier molecular flexibility index (Phi) is 4.10. The minimum Gasteiger partial charge on any atom is -0.478 e. The van der Waals surface area contributed by atoms with Crippen molar-refractivity contribution in [1.29, 1.82) is 0 Å². The molecule has 0 saturated heterocycles. The summed E-state index contributed by atoms with van der Waals surface area (Å²) in [6.45, 7) is 5.53. The zero-order valence-electron chi connectivity index (χ0n) is 9.60. The summed E-state index contributed by atoms with van der Waals surface area (Å²) in [5.74, 6) is -0.504. The Bertz CT molecular complexity index is 379. The lowest BCUT2D eigenvalue weighted by Crippen LogP contribution is -2.26. The molecule has 0 aliphatic rings. The van der Waals surface area contributed by atoms with Crippen LogP contribution in [0.3, 0.4) is 0 Å². The number of aromatic carboxylic acids is 1. The van der Waals surface area contributed by atoms with Crippen LogP contribution >= 0.6 is 0 Å². The van der Waals surface area contributed by atoms with Crippen LogP contribution in [0.5, 0.6) is 0 Å². The average Bonchev–Trinajstić information content (AvgIpc) is 2.26. The lowest BCUT2D eigenvalue weighted by atomic mass is 10.2. The van der Waals surface area contributed by atoms with Crippen LogP contribution in [0.25, 0.3) is 0 Å². The Balaban J connectivity index is 3.14. The molecule has 0 aromatic carbocycles. The Morgan fingerprint density at radius 2 is 2.25 bits per heavy atom. The number of nitrogen functional groups attached to an aromatic ring is 1. The first kappa shape index (κ1) is 12.3. The second-order valence-corrected chi connectivity index (χ2v) is 3.52. The second kappa shape index (κ2) is 5.34. The number of nitrogens with zero attached hydrogens (tertiary/aromatic N) is 2. The summed E-state index contributed by atoms with van der Waals surface area (Å²) in [4.78, 5) is 17.1. The molecule has 5 heteroatoms. The van der Waals surface area contributed by atoms with E-state index in [0.29, 0.717) is 11.5 Å². The van der Waals surface area contributed by atoms with E-state index in [1.54, 1.807) is 0 Å². The van der Waals surface area contributed by atoms with Crippen molar-refractivity contribution in [3.05, 3.63) is 17.8 Å². The molecule has 0 aliphatic heterocycles. The highest BCUT2D eigenvalue weighted by Gasteiger charge is 2.16. The number of carbonyl (C=O) groups is 1. The number of rotatable bonds is 5. The average molecular weight is 223 g/mol. The van der Waals surface area contributed by atoms with E-state index < -0.39 is 5.97 Å².